The minimum absolute atomic E-state index is 0.213. The van der Waals surface area contributed by atoms with Crippen LogP contribution in [0.4, 0.5) is 0 Å². The van der Waals surface area contributed by atoms with E-state index in [2.05, 4.69) is 0 Å². The second-order valence-corrected chi connectivity index (χ2v) is 9.17. The number of alkyl halides is 8. The van der Waals surface area contributed by atoms with Crippen molar-refractivity contribution in [3.63, 3.8) is 0 Å². The molecule has 2 bridgehead atoms. The summed E-state index contributed by atoms with van der Waals surface area (Å²) in [6.07, 6.45) is 0.336. The minimum Gasteiger partial charge on any atom is -0.126 e. The van der Waals surface area contributed by atoms with Crippen molar-refractivity contribution in [2.75, 3.05) is 11.8 Å². The fourth-order valence-corrected chi connectivity index (χ4v) is 8.21. The lowest BCUT2D eigenvalue weighted by atomic mass is 9.70. The van der Waals surface area contributed by atoms with Gasteiger partial charge in [0.15, 0.2) is 0 Å². The highest BCUT2D eigenvalue weighted by atomic mass is 35.5. The van der Waals surface area contributed by atoms with Crippen molar-refractivity contribution in [2.24, 2.45) is 16.7 Å². The van der Waals surface area contributed by atoms with Gasteiger partial charge < -0.3 is 0 Å². The number of halogens is 8. The first-order valence-corrected chi connectivity index (χ1v) is 8.84. The Morgan fingerprint density at radius 2 is 1.56 bits per heavy atom. The average molecular weight is 414 g/mol. The van der Waals surface area contributed by atoms with E-state index in [1.54, 1.807) is 0 Å². The normalized spacial score (nSPS) is 44.8. The van der Waals surface area contributed by atoms with Crippen molar-refractivity contribution >= 4 is 92.8 Å². The Morgan fingerprint density at radius 1 is 1.06 bits per heavy atom. The Morgan fingerprint density at radius 3 is 1.89 bits per heavy atom. The fraction of sp³-hybridized carbons (Fsp3) is 1.00. The number of hydrogen-bond acceptors (Lipinski definition) is 0. The lowest BCUT2D eigenvalue weighted by Crippen LogP contribution is -2.48. The first-order valence-electron chi connectivity index (χ1n) is 5.27. The second kappa shape index (κ2) is 5.20. The number of hydrogen-bond donors (Lipinski definition) is 0. The maximum absolute atomic E-state index is 6.44. The summed E-state index contributed by atoms with van der Waals surface area (Å²) in [5, 5.41) is -0.930. The van der Waals surface area contributed by atoms with E-state index in [4.69, 9.17) is 92.8 Å². The van der Waals surface area contributed by atoms with Gasteiger partial charge in [0.05, 0.1) is 10.8 Å². The Kier molecular flexibility index (Phi) is 4.82. The lowest BCUT2D eigenvalue weighted by molar-refractivity contribution is 0.156. The van der Waals surface area contributed by atoms with Gasteiger partial charge in [-0.2, -0.15) is 0 Å². The molecule has 0 spiro atoms. The molecular formula is C10H10Cl8. The van der Waals surface area contributed by atoms with Crippen molar-refractivity contribution in [3.8, 4) is 0 Å². The molecule has 2 aliphatic carbocycles. The van der Waals surface area contributed by atoms with E-state index < -0.39 is 30.8 Å². The SMILES string of the molecule is ClCC1(CCl)[C@@H]2[C@H](Cl)[C@H](Cl)C1(C(Cl)Cl)CC2(Cl)Cl. The van der Waals surface area contributed by atoms with Crippen LogP contribution < -0.4 is 0 Å². The molecule has 0 saturated heterocycles. The average Bonchev–Trinajstić information content (AvgIpc) is 2.62. The van der Waals surface area contributed by atoms with Crippen LogP contribution in [-0.4, -0.2) is 31.7 Å². The maximum atomic E-state index is 6.44. The standard InChI is InChI=1S/C10H10Cl8/c11-2-8(3-12)5-4(13)6(14)9(8,7(15)16)1-10(5,17)18/h4-7H,1-3H2/t4-,5-,6-,9?/m0/s1. The molecular weight excluding hydrogens is 404 g/mol. The van der Waals surface area contributed by atoms with Gasteiger partial charge in [-0.05, 0) is 6.42 Å². The van der Waals surface area contributed by atoms with Crippen molar-refractivity contribution in [1.29, 1.82) is 0 Å². The fourth-order valence-electron chi connectivity index (χ4n) is 3.60. The van der Waals surface area contributed by atoms with Crippen molar-refractivity contribution in [2.45, 2.75) is 26.3 Å². The van der Waals surface area contributed by atoms with Crippen molar-refractivity contribution < 1.29 is 0 Å². The molecule has 106 valence electrons. The van der Waals surface area contributed by atoms with Crippen LogP contribution >= 0.6 is 92.8 Å². The predicted octanol–water partition coefficient (Wildman–Crippen LogP) is 5.66. The summed E-state index contributed by atoms with van der Waals surface area (Å²) in [6.45, 7) is 0. The summed E-state index contributed by atoms with van der Waals surface area (Å²) >= 11 is 50.3. The molecule has 2 rings (SSSR count). The number of rotatable bonds is 3. The molecule has 0 amide bonds. The summed E-state index contributed by atoms with van der Waals surface area (Å²) in [5.74, 6) is 0.0858. The van der Waals surface area contributed by atoms with Gasteiger partial charge >= 0.3 is 0 Å². The summed E-state index contributed by atoms with van der Waals surface area (Å²) in [5.41, 5.74) is -1.44. The smallest absolute Gasteiger partial charge is 0.123 e. The first kappa shape index (κ1) is 16.7. The van der Waals surface area contributed by atoms with Crippen LogP contribution in [0.15, 0.2) is 0 Å². The first-order chi connectivity index (χ1) is 8.21. The summed E-state index contributed by atoms with van der Waals surface area (Å²) in [6, 6.07) is 0. The van der Waals surface area contributed by atoms with Gasteiger partial charge in [-0.1, -0.05) is 0 Å². The molecule has 0 nitrogen and oxygen atoms in total. The Hall–Kier alpha value is 2.32. The zero-order valence-corrected chi connectivity index (χ0v) is 15.0. The summed E-state index contributed by atoms with van der Waals surface area (Å²) in [7, 11) is 0. The molecule has 2 fully saturated rings. The highest BCUT2D eigenvalue weighted by molar-refractivity contribution is 6.51. The Bertz CT molecular complexity index is 339. The van der Waals surface area contributed by atoms with E-state index in [1.165, 1.54) is 0 Å². The summed E-state index contributed by atoms with van der Waals surface area (Å²) in [4.78, 5) is -0.789. The monoisotopic (exact) mass is 410 g/mol. The van der Waals surface area contributed by atoms with Crippen LogP contribution in [0, 0.1) is 16.7 Å². The zero-order chi connectivity index (χ0) is 13.9. The maximum Gasteiger partial charge on any atom is 0.123 e. The minimum atomic E-state index is -1.07. The predicted molar refractivity (Wildman–Crippen MR) is 83.6 cm³/mol. The molecule has 0 aromatic heterocycles. The molecule has 0 aromatic carbocycles. The summed E-state index contributed by atoms with van der Waals surface area (Å²) < 4.78 is -1.07. The second-order valence-electron chi connectivity index (χ2n) is 5.03. The molecule has 0 heterocycles. The largest absolute Gasteiger partial charge is 0.126 e. The van der Waals surface area contributed by atoms with E-state index in [-0.39, 0.29) is 17.7 Å². The third-order valence-electron chi connectivity index (χ3n) is 4.46. The van der Waals surface area contributed by atoms with E-state index in [9.17, 15) is 0 Å². The topological polar surface area (TPSA) is 0 Å². The quantitative estimate of drug-likeness (QED) is 0.523. The molecule has 8 heteroatoms. The van der Waals surface area contributed by atoms with Gasteiger partial charge in [-0.25, -0.2) is 0 Å². The zero-order valence-electron chi connectivity index (χ0n) is 8.95. The molecule has 18 heavy (non-hydrogen) atoms. The van der Waals surface area contributed by atoms with Crippen LogP contribution in [0.25, 0.3) is 0 Å². The Labute approximate surface area is 146 Å². The highest BCUT2D eigenvalue weighted by Gasteiger charge is 2.80. The van der Waals surface area contributed by atoms with Crippen molar-refractivity contribution in [1.82, 2.24) is 0 Å². The van der Waals surface area contributed by atoms with Crippen LogP contribution in [0.1, 0.15) is 6.42 Å². The lowest BCUT2D eigenvalue weighted by Gasteiger charge is -2.43. The molecule has 4 atom stereocenters. The van der Waals surface area contributed by atoms with Crippen molar-refractivity contribution in [3.05, 3.63) is 0 Å². The van der Waals surface area contributed by atoms with Crippen LogP contribution in [0.5, 0.6) is 0 Å². The molecule has 1 unspecified atom stereocenters. The molecule has 0 aliphatic heterocycles. The molecule has 0 radical (unpaired) electrons. The van der Waals surface area contributed by atoms with E-state index in [0.717, 1.165) is 0 Å². The van der Waals surface area contributed by atoms with E-state index in [0.29, 0.717) is 6.42 Å². The molecule has 2 saturated carbocycles. The van der Waals surface area contributed by atoms with E-state index >= 15 is 0 Å². The molecule has 2 aliphatic rings. The van der Waals surface area contributed by atoms with Crippen LogP contribution in [-0.2, 0) is 0 Å². The van der Waals surface area contributed by atoms with E-state index in [1.807, 2.05) is 0 Å². The van der Waals surface area contributed by atoms with Gasteiger partial charge in [0.25, 0.3) is 0 Å². The molecule has 0 aromatic rings. The van der Waals surface area contributed by atoms with Gasteiger partial charge in [0.1, 0.15) is 9.17 Å². The Balaban J connectivity index is 2.65. The third kappa shape index (κ3) is 1.80. The third-order valence-corrected chi connectivity index (χ3v) is 8.23. The van der Waals surface area contributed by atoms with Gasteiger partial charge in [0, 0.05) is 28.5 Å². The van der Waals surface area contributed by atoms with Crippen LogP contribution in [0.3, 0.4) is 0 Å². The number of fused-ring (bicyclic) bond motifs is 2. The van der Waals surface area contributed by atoms with Gasteiger partial charge in [0.2, 0.25) is 0 Å². The van der Waals surface area contributed by atoms with Gasteiger partial charge in [-0.15, -0.1) is 92.8 Å². The molecule has 0 N–H and O–H groups in total. The highest BCUT2D eigenvalue weighted by Crippen LogP contribution is 2.77. The van der Waals surface area contributed by atoms with Gasteiger partial charge in [-0.3, -0.25) is 0 Å². The van der Waals surface area contributed by atoms with Crippen LogP contribution in [0.2, 0.25) is 0 Å².